The molecule has 0 bridgehead atoms. The molecular weight excluding hydrogens is 377 g/mol. The van der Waals surface area contributed by atoms with E-state index in [-0.39, 0.29) is 17.4 Å². The number of rotatable bonds is 5. The topological polar surface area (TPSA) is 97.4 Å². The number of ether oxygens (including phenoxy) is 1. The van der Waals surface area contributed by atoms with E-state index in [1.807, 2.05) is 0 Å². The van der Waals surface area contributed by atoms with Crippen molar-refractivity contribution in [1.82, 2.24) is 4.98 Å². The van der Waals surface area contributed by atoms with Gasteiger partial charge in [-0.1, -0.05) is 23.2 Å². The Bertz CT molecular complexity index is 794. The van der Waals surface area contributed by atoms with Gasteiger partial charge >= 0.3 is 12.0 Å². The largest absolute Gasteiger partial charge is 0.460 e. The van der Waals surface area contributed by atoms with Gasteiger partial charge in [0.25, 0.3) is 5.78 Å². The zero-order valence-electron chi connectivity index (χ0n) is 12.3. The van der Waals surface area contributed by atoms with Gasteiger partial charge < -0.3 is 10.1 Å². The summed E-state index contributed by atoms with van der Waals surface area (Å²) in [4.78, 5) is 38.8. The number of halogens is 2. The first-order valence-electron chi connectivity index (χ1n) is 6.60. The lowest BCUT2D eigenvalue weighted by atomic mass is 10.3. The van der Waals surface area contributed by atoms with Gasteiger partial charge in [0.2, 0.25) is 0 Å². The summed E-state index contributed by atoms with van der Waals surface area (Å²) in [5, 5.41) is 7.16. The molecule has 0 atom stereocenters. The molecule has 0 aliphatic rings. The second kappa shape index (κ2) is 8.09. The Morgan fingerprint density at radius 1 is 1.21 bits per heavy atom. The second-order valence-corrected chi connectivity index (χ2v) is 5.97. The highest BCUT2D eigenvalue weighted by atomic mass is 35.5. The molecule has 0 fully saturated rings. The first-order chi connectivity index (χ1) is 11.4. The van der Waals surface area contributed by atoms with Crippen LogP contribution in [0.4, 0.5) is 15.6 Å². The van der Waals surface area contributed by atoms with Gasteiger partial charge in [0.05, 0.1) is 16.7 Å². The van der Waals surface area contributed by atoms with Crippen molar-refractivity contribution in [2.45, 2.75) is 6.92 Å². The number of thiazole rings is 1. The fraction of sp³-hybridized carbons (Fsp3) is 0.143. The summed E-state index contributed by atoms with van der Waals surface area (Å²) < 4.78 is 4.60. The van der Waals surface area contributed by atoms with Crippen LogP contribution in [0.25, 0.3) is 0 Å². The van der Waals surface area contributed by atoms with Crippen LogP contribution in [0.15, 0.2) is 23.6 Å². The Kier molecular flexibility index (Phi) is 6.13. The Balaban J connectivity index is 1.98. The van der Waals surface area contributed by atoms with E-state index in [9.17, 15) is 14.4 Å². The summed E-state index contributed by atoms with van der Waals surface area (Å²) in [6.45, 7) is 1.68. The van der Waals surface area contributed by atoms with Crippen LogP contribution in [0.2, 0.25) is 10.0 Å². The molecule has 0 aliphatic heterocycles. The lowest BCUT2D eigenvalue weighted by molar-refractivity contribution is -0.137. The standard InChI is InChI=1S/C14H11Cl2N3O4S/c1-2-23-12(21)11(20)10-6-24-14(18-10)19-13(22)17-7-3-4-8(15)9(16)5-7/h3-6H,2H2,1H3,(H2,17,18,19,22). The number of hydrogen-bond donors (Lipinski definition) is 2. The van der Waals surface area contributed by atoms with Crippen molar-refractivity contribution in [3.63, 3.8) is 0 Å². The van der Waals surface area contributed by atoms with Gasteiger partial charge in [0.15, 0.2) is 5.13 Å². The van der Waals surface area contributed by atoms with Crippen LogP contribution in [0, 0.1) is 0 Å². The van der Waals surface area contributed by atoms with E-state index in [2.05, 4.69) is 20.4 Å². The van der Waals surface area contributed by atoms with Gasteiger partial charge in [-0.15, -0.1) is 11.3 Å². The number of ketones is 1. The zero-order chi connectivity index (χ0) is 17.7. The maximum atomic E-state index is 11.9. The number of benzene rings is 1. The number of esters is 1. The normalized spacial score (nSPS) is 10.1. The van der Waals surface area contributed by atoms with E-state index in [1.54, 1.807) is 19.1 Å². The average Bonchev–Trinajstić information content (AvgIpc) is 2.98. The lowest BCUT2D eigenvalue weighted by Crippen LogP contribution is -2.20. The maximum absolute atomic E-state index is 11.9. The fourth-order valence-corrected chi connectivity index (χ4v) is 2.55. The van der Waals surface area contributed by atoms with E-state index in [0.29, 0.717) is 15.7 Å². The number of Topliss-reactive ketones (excluding diaryl/α,β-unsaturated/α-hetero) is 1. The molecule has 1 heterocycles. The molecule has 0 saturated heterocycles. The predicted molar refractivity (Wildman–Crippen MR) is 92.2 cm³/mol. The number of nitrogens with zero attached hydrogens (tertiary/aromatic N) is 1. The minimum absolute atomic E-state index is 0.0892. The first kappa shape index (κ1) is 18.2. The Morgan fingerprint density at radius 2 is 1.96 bits per heavy atom. The summed E-state index contributed by atoms with van der Waals surface area (Å²) in [6.07, 6.45) is 0. The van der Waals surface area contributed by atoms with E-state index < -0.39 is 17.8 Å². The quantitative estimate of drug-likeness (QED) is 0.461. The number of urea groups is 1. The van der Waals surface area contributed by atoms with Gasteiger partial charge in [0, 0.05) is 11.1 Å². The molecule has 0 radical (unpaired) electrons. The molecule has 126 valence electrons. The Hall–Kier alpha value is -2.16. The third-order valence-electron chi connectivity index (χ3n) is 2.60. The summed E-state index contributed by atoms with van der Waals surface area (Å²) in [7, 11) is 0. The molecule has 10 heteroatoms. The molecule has 0 saturated carbocycles. The minimum atomic E-state index is -0.991. The smallest absolute Gasteiger partial charge is 0.381 e. The Morgan fingerprint density at radius 3 is 2.62 bits per heavy atom. The molecule has 0 unspecified atom stereocenters. The van der Waals surface area contributed by atoms with E-state index in [1.165, 1.54) is 11.4 Å². The molecule has 2 N–H and O–H groups in total. The summed E-state index contributed by atoms with van der Waals surface area (Å²) in [6, 6.07) is 4.02. The van der Waals surface area contributed by atoms with Crippen LogP contribution in [0.3, 0.4) is 0 Å². The molecule has 0 aliphatic carbocycles. The van der Waals surface area contributed by atoms with Gasteiger partial charge in [-0.05, 0) is 25.1 Å². The zero-order valence-corrected chi connectivity index (χ0v) is 14.6. The number of anilines is 2. The number of carbonyl (C=O) groups is 3. The van der Waals surface area contributed by atoms with E-state index in [4.69, 9.17) is 23.2 Å². The number of aromatic nitrogens is 1. The van der Waals surface area contributed by atoms with Crippen molar-refractivity contribution in [2.24, 2.45) is 0 Å². The van der Waals surface area contributed by atoms with Crippen LogP contribution >= 0.6 is 34.5 Å². The van der Waals surface area contributed by atoms with Crippen molar-refractivity contribution in [2.75, 3.05) is 17.2 Å². The van der Waals surface area contributed by atoms with Crippen LogP contribution in [-0.2, 0) is 9.53 Å². The molecule has 0 spiro atoms. The highest BCUT2D eigenvalue weighted by Gasteiger charge is 2.21. The molecule has 1 aromatic carbocycles. The monoisotopic (exact) mass is 387 g/mol. The van der Waals surface area contributed by atoms with Crippen LogP contribution in [0.5, 0.6) is 0 Å². The molecule has 1 aromatic heterocycles. The summed E-state index contributed by atoms with van der Waals surface area (Å²) >= 11 is 12.6. The van der Waals surface area contributed by atoms with Crippen molar-refractivity contribution in [3.8, 4) is 0 Å². The highest BCUT2D eigenvalue weighted by molar-refractivity contribution is 7.14. The van der Waals surface area contributed by atoms with Gasteiger partial charge in [-0.3, -0.25) is 10.1 Å². The first-order valence-corrected chi connectivity index (χ1v) is 8.24. The number of carbonyl (C=O) groups excluding carboxylic acids is 3. The molecule has 2 aromatic rings. The second-order valence-electron chi connectivity index (χ2n) is 4.30. The summed E-state index contributed by atoms with van der Waals surface area (Å²) in [5.41, 5.74) is 0.338. The van der Waals surface area contributed by atoms with Crippen LogP contribution < -0.4 is 10.6 Å². The fourth-order valence-electron chi connectivity index (χ4n) is 1.57. The number of nitrogens with one attached hydrogen (secondary N) is 2. The number of amides is 2. The molecular formula is C14H11Cl2N3O4S. The van der Waals surface area contributed by atoms with E-state index >= 15 is 0 Å². The number of hydrogen-bond acceptors (Lipinski definition) is 6. The minimum Gasteiger partial charge on any atom is -0.460 e. The van der Waals surface area contributed by atoms with Crippen LogP contribution in [0.1, 0.15) is 17.4 Å². The van der Waals surface area contributed by atoms with Crippen molar-refractivity contribution < 1.29 is 19.1 Å². The van der Waals surface area contributed by atoms with Crippen molar-refractivity contribution >= 4 is 63.1 Å². The SMILES string of the molecule is CCOC(=O)C(=O)c1csc(NC(=O)Nc2ccc(Cl)c(Cl)c2)n1. The van der Waals surface area contributed by atoms with Gasteiger partial charge in [-0.25, -0.2) is 14.6 Å². The Labute approximate surface area is 150 Å². The molecule has 2 amide bonds. The lowest BCUT2D eigenvalue weighted by Gasteiger charge is -2.06. The third-order valence-corrected chi connectivity index (χ3v) is 4.09. The van der Waals surface area contributed by atoms with Gasteiger partial charge in [0.1, 0.15) is 5.69 Å². The highest BCUT2D eigenvalue weighted by Crippen LogP contribution is 2.25. The maximum Gasteiger partial charge on any atom is 0.381 e. The summed E-state index contributed by atoms with van der Waals surface area (Å²) in [5.74, 6) is -1.86. The third kappa shape index (κ3) is 4.67. The molecule has 24 heavy (non-hydrogen) atoms. The predicted octanol–water partition coefficient (Wildman–Crippen LogP) is 3.84. The average molecular weight is 388 g/mol. The molecule has 2 rings (SSSR count). The molecule has 7 nitrogen and oxygen atoms in total. The van der Waals surface area contributed by atoms with Gasteiger partial charge in [-0.2, -0.15) is 0 Å². The van der Waals surface area contributed by atoms with Crippen molar-refractivity contribution in [1.29, 1.82) is 0 Å². The van der Waals surface area contributed by atoms with Crippen molar-refractivity contribution in [3.05, 3.63) is 39.3 Å². The van der Waals surface area contributed by atoms with Crippen LogP contribution in [-0.4, -0.2) is 29.4 Å². The van der Waals surface area contributed by atoms with E-state index in [0.717, 1.165) is 11.3 Å².